The van der Waals surface area contributed by atoms with Crippen molar-refractivity contribution >= 4 is 28.6 Å². The van der Waals surface area contributed by atoms with Crippen molar-refractivity contribution in [2.24, 2.45) is 0 Å². The first kappa shape index (κ1) is 18.9. The normalized spacial score (nSPS) is 15.2. The third-order valence-electron chi connectivity index (χ3n) is 5.00. The van der Waals surface area contributed by atoms with Gasteiger partial charge in [-0.15, -0.1) is 11.3 Å². The van der Waals surface area contributed by atoms with E-state index in [2.05, 4.69) is 21.2 Å². The predicted molar refractivity (Wildman–Crippen MR) is 116 cm³/mol. The maximum atomic E-state index is 9.38. The lowest BCUT2D eigenvalue weighted by atomic mass is 10.1. The van der Waals surface area contributed by atoms with Gasteiger partial charge in [-0.05, 0) is 24.6 Å². The highest BCUT2D eigenvalue weighted by Crippen LogP contribution is 2.30. The molecule has 0 unspecified atom stereocenters. The summed E-state index contributed by atoms with van der Waals surface area (Å²) in [6.07, 6.45) is 1.07. The smallest absolute Gasteiger partial charge is 0.125 e. The van der Waals surface area contributed by atoms with Crippen molar-refractivity contribution in [2.75, 3.05) is 31.1 Å². The summed E-state index contributed by atoms with van der Waals surface area (Å²) in [5.41, 5.74) is 3.88. The van der Waals surface area contributed by atoms with Gasteiger partial charge in [0, 0.05) is 43.7 Å². The van der Waals surface area contributed by atoms with Gasteiger partial charge >= 0.3 is 0 Å². The van der Waals surface area contributed by atoms with E-state index in [1.165, 1.54) is 0 Å². The molecule has 1 fully saturated rings. The van der Waals surface area contributed by atoms with Gasteiger partial charge in [-0.1, -0.05) is 41.9 Å². The van der Waals surface area contributed by atoms with Gasteiger partial charge < -0.3 is 4.90 Å². The van der Waals surface area contributed by atoms with Crippen LogP contribution in [0.25, 0.3) is 10.6 Å². The fourth-order valence-corrected chi connectivity index (χ4v) is 4.71. The van der Waals surface area contributed by atoms with Crippen molar-refractivity contribution in [3.8, 4) is 16.6 Å². The molecule has 6 heteroatoms. The minimum absolute atomic E-state index is 0.741. The zero-order valence-electron chi connectivity index (χ0n) is 15.5. The molecule has 1 aliphatic heterocycles. The molecule has 0 bridgehead atoms. The molecule has 0 N–H and O–H groups in total. The number of benzene rings is 2. The molecule has 2 aromatic carbocycles. The Balaban J connectivity index is 1.42. The Kier molecular flexibility index (Phi) is 5.92. The quantitative estimate of drug-likeness (QED) is 0.606. The zero-order valence-corrected chi connectivity index (χ0v) is 17.1. The third kappa shape index (κ3) is 4.20. The van der Waals surface area contributed by atoms with Crippen LogP contribution >= 0.6 is 22.9 Å². The van der Waals surface area contributed by atoms with Crippen molar-refractivity contribution in [2.45, 2.75) is 13.0 Å². The number of anilines is 1. The molecule has 3 aromatic rings. The largest absolute Gasteiger partial charge is 0.369 e. The van der Waals surface area contributed by atoms with Gasteiger partial charge in [0.1, 0.15) is 11.1 Å². The topological polar surface area (TPSA) is 43.2 Å². The van der Waals surface area contributed by atoms with Crippen LogP contribution in [-0.4, -0.2) is 36.1 Å². The number of aromatic nitrogens is 1. The van der Waals surface area contributed by atoms with Crippen LogP contribution in [0, 0.1) is 11.3 Å². The number of halogens is 1. The molecule has 0 radical (unpaired) electrons. The highest BCUT2D eigenvalue weighted by Gasteiger charge is 2.18. The number of nitrogens with zero attached hydrogens (tertiary/aromatic N) is 4. The molecule has 0 atom stereocenters. The summed E-state index contributed by atoms with van der Waals surface area (Å²) in [5, 5.41) is 13.2. The molecule has 0 saturated carbocycles. The van der Waals surface area contributed by atoms with E-state index in [0.29, 0.717) is 0 Å². The fraction of sp³-hybridized carbons (Fsp3) is 0.273. The van der Waals surface area contributed by atoms with Crippen molar-refractivity contribution in [3.05, 3.63) is 70.2 Å². The lowest BCUT2D eigenvalue weighted by Gasteiger charge is -2.24. The molecule has 142 valence electrons. The van der Waals surface area contributed by atoms with E-state index in [1.54, 1.807) is 11.3 Å². The van der Waals surface area contributed by atoms with Gasteiger partial charge in [0.05, 0.1) is 22.0 Å². The summed E-state index contributed by atoms with van der Waals surface area (Å²) >= 11 is 7.95. The number of rotatable bonds is 4. The number of hydrogen-bond donors (Lipinski definition) is 0. The van der Waals surface area contributed by atoms with Crippen LogP contribution in [0.1, 0.15) is 17.7 Å². The molecule has 1 aromatic heterocycles. The number of hydrogen-bond acceptors (Lipinski definition) is 5. The van der Waals surface area contributed by atoms with Gasteiger partial charge in [-0.3, -0.25) is 4.90 Å². The highest BCUT2D eigenvalue weighted by molar-refractivity contribution is 7.13. The van der Waals surface area contributed by atoms with Crippen LogP contribution in [0.2, 0.25) is 5.02 Å². The van der Waals surface area contributed by atoms with Gasteiger partial charge in [-0.25, -0.2) is 4.98 Å². The molecular weight excluding hydrogens is 388 g/mol. The summed E-state index contributed by atoms with van der Waals surface area (Å²) in [5.74, 6) is 0. The third-order valence-corrected chi connectivity index (χ3v) is 6.25. The van der Waals surface area contributed by atoms with E-state index >= 15 is 0 Å². The molecule has 0 aliphatic carbocycles. The first-order valence-electron chi connectivity index (χ1n) is 9.40. The van der Waals surface area contributed by atoms with E-state index in [9.17, 15) is 5.26 Å². The Morgan fingerprint density at radius 3 is 2.71 bits per heavy atom. The van der Waals surface area contributed by atoms with E-state index in [0.717, 1.165) is 71.7 Å². The molecule has 1 aliphatic rings. The Morgan fingerprint density at radius 2 is 1.86 bits per heavy atom. The second-order valence-corrected chi connectivity index (χ2v) is 8.13. The van der Waals surface area contributed by atoms with Crippen molar-refractivity contribution in [1.82, 2.24) is 9.88 Å². The molecule has 1 saturated heterocycles. The van der Waals surface area contributed by atoms with Crippen LogP contribution in [0.4, 0.5) is 5.69 Å². The van der Waals surface area contributed by atoms with Crippen LogP contribution in [0.15, 0.2) is 53.9 Å². The summed E-state index contributed by atoms with van der Waals surface area (Å²) < 4.78 is 0. The van der Waals surface area contributed by atoms with Crippen molar-refractivity contribution in [3.63, 3.8) is 0 Å². The molecule has 4 rings (SSSR count). The first-order valence-corrected chi connectivity index (χ1v) is 10.7. The Bertz CT molecular complexity index is 994. The van der Waals surface area contributed by atoms with E-state index in [4.69, 9.17) is 16.6 Å². The van der Waals surface area contributed by atoms with Gasteiger partial charge in [0.2, 0.25) is 0 Å². The standard InChI is InChI=1S/C22H21ClN4S/c23-20-8-3-2-7-19(20)22-25-18(16-28-22)15-26-10-5-11-27(13-12-26)21-9-4-1-6-17(21)14-24/h1-4,6-9,16H,5,10-13,15H2. The molecular formula is C22H21ClN4S. The lowest BCUT2D eigenvalue weighted by molar-refractivity contribution is 0.282. The maximum absolute atomic E-state index is 9.38. The minimum atomic E-state index is 0.741. The molecule has 4 nitrogen and oxygen atoms in total. The van der Waals surface area contributed by atoms with Crippen LogP contribution in [-0.2, 0) is 6.54 Å². The molecule has 0 spiro atoms. The average molecular weight is 409 g/mol. The zero-order chi connectivity index (χ0) is 19.3. The predicted octanol–water partition coefficient (Wildman–Crippen LogP) is 5.05. The molecule has 0 amide bonds. The second kappa shape index (κ2) is 8.74. The van der Waals surface area contributed by atoms with Gasteiger partial charge in [0.25, 0.3) is 0 Å². The highest BCUT2D eigenvalue weighted by atomic mass is 35.5. The summed E-state index contributed by atoms with van der Waals surface area (Å²) in [4.78, 5) is 9.58. The maximum Gasteiger partial charge on any atom is 0.125 e. The van der Waals surface area contributed by atoms with Crippen molar-refractivity contribution < 1.29 is 0 Å². The Hall–Kier alpha value is -2.39. The first-order chi connectivity index (χ1) is 13.7. The van der Waals surface area contributed by atoms with Crippen LogP contribution < -0.4 is 4.90 Å². The number of nitriles is 1. The molecule has 2 heterocycles. The van der Waals surface area contributed by atoms with E-state index in [1.807, 2.05) is 48.5 Å². The van der Waals surface area contributed by atoms with E-state index in [-0.39, 0.29) is 0 Å². The SMILES string of the molecule is N#Cc1ccccc1N1CCCN(Cc2csc(-c3ccccc3Cl)n2)CC1. The van der Waals surface area contributed by atoms with Crippen LogP contribution in [0.3, 0.4) is 0 Å². The van der Waals surface area contributed by atoms with Crippen molar-refractivity contribution in [1.29, 1.82) is 5.26 Å². The van der Waals surface area contributed by atoms with Gasteiger partial charge in [-0.2, -0.15) is 5.26 Å². The summed E-state index contributed by atoms with van der Waals surface area (Å²) in [6, 6.07) is 18.0. The van der Waals surface area contributed by atoms with E-state index < -0.39 is 0 Å². The number of thiazole rings is 1. The monoisotopic (exact) mass is 408 g/mol. The number of para-hydroxylation sites is 1. The fourth-order valence-electron chi connectivity index (χ4n) is 3.58. The van der Waals surface area contributed by atoms with Gasteiger partial charge in [0.15, 0.2) is 0 Å². The summed E-state index contributed by atoms with van der Waals surface area (Å²) in [7, 11) is 0. The lowest BCUT2D eigenvalue weighted by Crippen LogP contribution is -2.30. The minimum Gasteiger partial charge on any atom is -0.369 e. The van der Waals surface area contributed by atoms with Crippen LogP contribution in [0.5, 0.6) is 0 Å². The Morgan fingerprint density at radius 1 is 1.04 bits per heavy atom. The average Bonchev–Trinajstić information content (AvgIpc) is 3.06. The second-order valence-electron chi connectivity index (χ2n) is 6.87. The Labute approximate surface area is 174 Å². The summed E-state index contributed by atoms with van der Waals surface area (Å²) in [6.45, 7) is 4.72. The molecule has 28 heavy (non-hydrogen) atoms.